The largest absolute Gasteiger partial charge is 0.399 e. The minimum absolute atomic E-state index is 0.0556. The van der Waals surface area contributed by atoms with E-state index in [1.807, 2.05) is 37.3 Å². The van der Waals surface area contributed by atoms with Crippen molar-refractivity contribution in [1.82, 2.24) is 0 Å². The zero-order valence-corrected chi connectivity index (χ0v) is 9.03. The van der Waals surface area contributed by atoms with E-state index >= 15 is 0 Å². The van der Waals surface area contributed by atoms with Crippen LogP contribution in [0.4, 0.5) is 5.69 Å². The maximum Gasteiger partial charge on any atom is 0.152 e. The molecule has 78 valence electrons. The van der Waals surface area contributed by atoms with E-state index in [2.05, 4.69) is 0 Å². The summed E-state index contributed by atoms with van der Waals surface area (Å²) in [6.07, 6.45) is 5.36. The van der Waals surface area contributed by atoms with Crippen LogP contribution in [-0.2, 0) is 4.79 Å². The van der Waals surface area contributed by atoms with Gasteiger partial charge in [0.05, 0.1) is 0 Å². The van der Waals surface area contributed by atoms with Gasteiger partial charge in [0.25, 0.3) is 0 Å². The second-order valence-corrected chi connectivity index (χ2v) is 3.50. The van der Waals surface area contributed by atoms with Crippen molar-refractivity contribution in [3.63, 3.8) is 0 Å². The maximum atomic E-state index is 10.7. The fraction of sp³-hybridized carbons (Fsp3) is 0.154. The first-order chi connectivity index (χ1) is 7.08. The normalized spacial score (nSPS) is 12.0. The third-order valence-electron chi connectivity index (χ3n) is 1.91. The maximum absolute atomic E-state index is 10.7. The molecule has 0 unspecified atom stereocenters. The van der Waals surface area contributed by atoms with E-state index < -0.39 is 0 Å². The number of allylic oxidation sites excluding steroid dienone is 3. The summed E-state index contributed by atoms with van der Waals surface area (Å²) >= 11 is 0. The Bertz CT molecular complexity index is 399. The molecule has 0 fully saturated rings. The first-order valence-corrected chi connectivity index (χ1v) is 4.80. The summed E-state index contributed by atoms with van der Waals surface area (Å²) in [5.41, 5.74) is 8.45. The SMILES string of the molecule is CC(=O)/C=C/C(C)=C/c1ccc(N)cc1. The van der Waals surface area contributed by atoms with Crippen LogP contribution in [0.2, 0.25) is 0 Å². The van der Waals surface area contributed by atoms with Crippen LogP contribution < -0.4 is 5.73 Å². The Kier molecular flexibility index (Phi) is 3.86. The van der Waals surface area contributed by atoms with Gasteiger partial charge in [0, 0.05) is 5.69 Å². The van der Waals surface area contributed by atoms with Crippen molar-refractivity contribution in [2.24, 2.45) is 0 Å². The Hall–Kier alpha value is -1.83. The van der Waals surface area contributed by atoms with Gasteiger partial charge >= 0.3 is 0 Å². The molecule has 0 aliphatic rings. The highest BCUT2D eigenvalue weighted by molar-refractivity contribution is 5.87. The molecule has 0 amide bonds. The molecular formula is C13H15NO. The number of carbonyl (C=O) groups excluding carboxylic acids is 1. The van der Waals surface area contributed by atoms with Crippen LogP contribution in [-0.4, -0.2) is 5.78 Å². The first kappa shape index (κ1) is 11.2. The number of nitrogen functional groups attached to an aromatic ring is 1. The average molecular weight is 201 g/mol. The molecule has 0 saturated heterocycles. The molecule has 1 aromatic rings. The molecule has 0 aromatic heterocycles. The summed E-state index contributed by atoms with van der Waals surface area (Å²) in [5, 5.41) is 0. The highest BCUT2D eigenvalue weighted by Gasteiger charge is 1.89. The van der Waals surface area contributed by atoms with Crippen LogP contribution in [0, 0.1) is 0 Å². The predicted octanol–water partition coefficient (Wildman–Crippen LogP) is 2.82. The van der Waals surface area contributed by atoms with Gasteiger partial charge in [0.15, 0.2) is 5.78 Å². The zero-order valence-electron chi connectivity index (χ0n) is 9.03. The fourth-order valence-electron chi connectivity index (χ4n) is 1.15. The van der Waals surface area contributed by atoms with Gasteiger partial charge in [-0.1, -0.05) is 29.9 Å². The lowest BCUT2D eigenvalue weighted by Crippen LogP contribution is -1.83. The van der Waals surface area contributed by atoms with E-state index in [1.54, 1.807) is 12.2 Å². The molecule has 0 spiro atoms. The fourth-order valence-corrected chi connectivity index (χ4v) is 1.15. The molecular weight excluding hydrogens is 186 g/mol. The Morgan fingerprint density at radius 1 is 1.13 bits per heavy atom. The van der Waals surface area contributed by atoms with Crippen LogP contribution in [0.15, 0.2) is 42.0 Å². The molecule has 0 saturated carbocycles. The van der Waals surface area contributed by atoms with Crippen molar-refractivity contribution in [3.8, 4) is 0 Å². The Morgan fingerprint density at radius 3 is 2.27 bits per heavy atom. The van der Waals surface area contributed by atoms with Crippen molar-refractivity contribution >= 4 is 17.5 Å². The van der Waals surface area contributed by atoms with Crippen molar-refractivity contribution in [1.29, 1.82) is 0 Å². The van der Waals surface area contributed by atoms with Gasteiger partial charge in [0.1, 0.15) is 0 Å². The number of hydrogen-bond donors (Lipinski definition) is 1. The number of hydrogen-bond acceptors (Lipinski definition) is 2. The highest BCUT2D eigenvalue weighted by Crippen LogP contribution is 2.10. The van der Waals surface area contributed by atoms with Gasteiger partial charge in [-0.3, -0.25) is 4.79 Å². The summed E-state index contributed by atoms with van der Waals surface area (Å²) < 4.78 is 0. The number of ketones is 1. The van der Waals surface area contributed by atoms with Gasteiger partial charge in [-0.2, -0.15) is 0 Å². The van der Waals surface area contributed by atoms with Crippen LogP contribution in [0.25, 0.3) is 6.08 Å². The summed E-state index contributed by atoms with van der Waals surface area (Å²) in [5.74, 6) is 0.0556. The van der Waals surface area contributed by atoms with Crippen molar-refractivity contribution in [2.75, 3.05) is 5.73 Å². The van der Waals surface area contributed by atoms with Gasteiger partial charge < -0.3 is 5.73 Å². The molecule has 15 heavy (non-hydrogen) atoms. The number of rotatable bonds is 3. The van der Waals surface area contributed by atoms with E-state index in [4.69, 9.17) is 5.73 Å². The quantitative estimate of drug-likeness (QED) is 0.464. The van der Waals surface area contributed by atoms with Crippen molar-refractivity contribution in [3.05, 3.63) is 47.6 Å². The Balaban J connectivity index is 2.78. The van der Waals surface area contributed by atoms with E-state index in [0.29, 0.717) is 0 Å². The van der Waals surface area contributed by atoms with Crippen molar-refractivity contribution < 1.29 is 4.79 Å². The monoisotopic (exact) mass is 201 g/mol. The Morgan fingerprint density at radius 2 is 1.73 bits per heavy atom. The topological polar surface area (TPSA) is 43.1 Å². The Labute approximate surface area is 90.1 Å². The minimum atomic E-state index is 0.0556. The summed E-state index contributed by atoms with van der Waals surface area (Å²) in [6.45, 7) is 3.49. The molecule has 0 heterocycles. The molecule has 1 aromatic carbocycles. The molecule has 2 N–H and O–H groups in total. The molecule has 0 radical (unpaired) electrons. The minimum Gasteiger partial charge on any atom is -0.399 e. The predicted molar refractivity (Wildman–Crippen MR) is 64.3 cm³/mol. The van der Waals surface area contributed by atoms with E-state index in [-0.39, 0.29) is 5.78 Å². The number of nitrogens with two attached hydrogens (primary N) is 1. The number of benzene rings is 1. The lowest BCUT2D eigenvalue weighted by Gasteiger charge is -1.96. The first-order valence-electron chi connectivity index (χ1n) is 4.80. The third kappa shape index (κ3) is 4.27. The molecule has 1 rings (SSSR count). The van der Waals surface area contributed by atoms with E-state index in [9.17, 15) is 4.79 Å². The molecule has 0 aliphatic carbocycles. The van der Waals surface area contributed by atoms with Crippen LogP contribution in [0.1, 0.15) is 19.4 Å². The second-order valence-electron chi connectivity index (χ2n) is 3.50. The highest BCUT2D eigenvalue weighted by atomic mass is 16.1. The second kappa shape index (κ2) is 5.15. The third-order valence-corrected chi connectivity index (χ3v) is 1.91. The molecule has 2 heteroatoms. The number of anilines is 1. The average Bonchev–Trinajstić information content (AvgIpc) is 2.19. The molecule has 0 aliphatic heterocycles. The number of carbonyl (C=O) groups is 1. The van der Waals surface area contributed by atoms with Gasteiger partial charge in [0.2, 0.25) is 0 Å². The lowest BCUT2D eigenvalue weighted by atomic mass is 10.1. The van der Waals surface area contributed by atoms with Gasteiger partial charge in [-0.05, 0) is 37.6 Å². The smallest absolute Gasteiger partial charge is 0.152 e. The molecule has 0 atom stereocenters. The van der Waals surface area contributed by atoms with Gasteiger partial charge in [-0.25, -0.2) is 0 Å². The molecule has 0 bridgehead atoms. The van der Waals surface area contributed by atoms with E-state index in [0.717, 1.165) is 16.8 Å². The van der Waals surface area contributed by atoms with Gasteiger partial charge in [-0.15, -0.1) is 0 Å². The van der Waals surface area contributed by atoms with Crippen LogP contribution in [0.3, 0.4) is 0 Å². The summed E-state index contributed by atoms with van der Waals surface area (Å²) in [7, 11) is 0. The summed E-state index contributed by atoms with van der Waals surface area (Å²) in [4.78, 5) is 10.7. The zero-order chi connectivity index (χ0) is 11.3. The lowest BCUT2D eigenvalue weighted by molar-refractivity contribution is -0.112. The summed E-state index contributed by atoms with van der Waals surface area (Å²) in [6, 6.07) is 7.60. The van der Waals surface area contributed by atoms with Crippen LogP contribution in [0.5, 0.6) is 0 Å². The molecule has 2 nitrogen and oxygen atoms in total. The van der Waals surface area contributed by atoms with Crippen molar-refractivity contribution in [2.45, 2.75) is 13.8 Å². The van der Waals surface area contributed by atoms with E-state index in [1.165, 1.54) is 6.92 Å². The standard InChI is InChI=1S/C13H15NO/c1-10(3-4-11(2)15)9-12-5-7-13(14)8-6-12/h3-9H,14H2,1-2H3/b4-3+,10-9+. The van der Waals surface area contributed by atoms with Crippen LogP contribution >= 0.6 is 0 Å².